The zero-order chi connectivity index (χ0) is 41.9. The number of anilines is 3. The van der Waals surface area contributed by atoms with Crippen LogP contribution in [0.4, 0.5) is 21.6 Å². The normalized spacial score (nSPS) is 19.8. The van der Waals surface area contributed by atoms with Crippen LogP contribution in [0.2, 0.25) is 5.02 Å². The van der Waals surface area contributed by atoms with Gasteiger partial charge in [0, 0.05) is 74.1 Å². The van der Waals surface area contributed by atoms with E-state index in [1.165, 1.54) is 18.5 Å². The Balaban J connectivity index is 0.913. The quantitative estimate of drug-likeness (QED) is 0.0750. The summed E-state index contributed by atoms with van der Waals surface area (Å²) in [6, 6.07) is 12.4. The molecule has 0 saturated carbocycles. The van der Waals surface area contributed by atoms with Crippen molar-refractivity contribution >= 4 is 69.7 Å². The number of carbonyl (C=O) groups is 5. The van der Waals surface area contributed by atoms with Crippen molar-refractivity contribution < 1.29 is 33.1 Å². The maximum Gasteiger partial charge on any atom is 0.262 e. The zero-order valence-corrected chi connectivity index (χ0v) is 33.8. The Kier molecular flexibility index (Phi) is 12.0. The molecule has 2 atom stereocenters. The number of imide groups is 2. The van der Waals surface area contributed by atoms with Crippen LogP contribution >= 0.6 is 11.6 Å². The lowest BCUT2D eigenvalue weighted by Crippen LogP contribution is -2.54. The number of ether oxygens (including phenoxy) is 1. The summed E-state index contributed by atoms with van der Waals surface area (Å²) >= 11 is 6.06. The van der Waals surface area contributed by atoms with Gasteiger partial charge in [0.05, 0.1) is 34.8 Å². The van der Waals surface area contributed by atoms with Crippen molar-refractivity contribution in [1.29, 1.82) is 0 Å². The Hall–Kier alpha value is -5.97. The molecule has 3 fully saturated rings. The molecule has 312 valence electrons. The number of fused-ring (bicyclic) bond motifs is 2. The van der Waals surface area contributed by atoms with Gasteiger partial charge in [-0.1, -0.05) is 23.8 Å². The molecule has 5 amide bonds. The maximum absolute atomic E-state index is 13.9. The fourth-order valence-corrected chi connectivity index (χ4v) is 8.86. The second kappa shape index (κ2) is 17.7. The van der Waals surface area contributed by atoms with Crippen molar-refractivity contribution in [1.82, 2.24) is 35.3 Å². The fraction of sp³-hybridized carbons (Fsp3) is 0.372. The number of halogens is 2. The van der Waals surface area contributed by atoms with E-state index in [4.69, 9.17) is 16.3 Å². The van der Waals surface area contributed by atoms with Crippen LogP contribution in [0.25, 0.3) is 10.9 Å². The second-order valence-corrected chi connectivity index (χ2v) is 15.8. The summed E-state index contributed by atoms with van der Waals surface area (Å²) in [6.45, 7) is 6.22. The first-order chi connectivity index (χ1) is 29.1. The molecule has 8 rings (SSSR count). The number of piperidine rings is 2. The Bertz CT molecular complexity index is 2360. The predicted octanol–water partition coefficient (Wildman–Crippen LogP) is 4.45. The first kappa shape index (κ1) is 40.8. The summed E-state index contributed by atoms with van der Waals surface area (Å²) in [6.07, 6.45) is 8.33. The van der Waals surface area contributed by atoms with Crippen LogP contribution in [0.5, 0.6) is 5.75 Å². The maximum atomic E-state index is 13.9. The van der Waals surface area contributed by atoms with Gasteiger partial charge < -0.3 is 20.3 Å². The topological polar surface area (TPSA) is 169 Å². The van der Waals surface area contributed by atoms with Gasteiger partial charge in [0.2, 0.25) is 18.2 Å². The standard InChI is InChI=1S/C43H45ClFN9O6/c1-60-38-22-35-31(40(48-24-47-35)49-27-4-7-34(45)33(44)19-27)21-32(38)36(3-2-12-46-25-55)53-13-10-26(11-14-53)23-51-15-17-52(18-16-51)28-5-6-29-30(20-28)43(59)54(42(29)58)37-8-9-39(56)50-41(37)57/h2-7,19-22,24-26,36-37H,8-18,23H2,1H3,(H,46,55)(H,47,48,49)(H,50,56,57)/b3-2+. The summed E-state index contributed by atoms with van der Waals surface area (Å²) in [4.78, 5) is 78.9. The van der Waals surface area contributed by atoms with Crippen LogP contribution in [-0.2, 0) is 14.4 Å². The molecule has 3 saturated heterocycles. The Labute approximate surface area is 350 Å². The molecule has 1 aromatic heterocycles. The monoisotopic (exact) mass is 837 g/mol. The number of hydrogen-bond donors (Lipinski definition) is 3. The van der Waals surface area contributed by atoms with Crippen molar-refractivity contribution in [3.8, 4) is 5.75 Å². The highest BCUT2D eigenvalue weighted by Gasteiger charge is 2.45. The number of amides is 5. The van der Waals surface area contributed by atoms with Crippen molar-refractivity contribution in [3.63, 3.8) is 0 Å². The second-order valence-electron chi connectivity index (χ2n) is 15.4. The average molecular weight is 838 g/mol. The van der Waals surface area contributed by atoms with Gasteiger partial charge in [-0.2, -0.15) is 0 Å². The van der Waals surface area contributed by atoms with Gasteiger partial charge in [-0.25, -0.2) is 14.4 Å². The molecule has 3 N–H and O–H groups in total. The van der Waals surface area contributed by atoms with Crippen LogP contribution in [0.1, 0.15) is 58.0 Å². The van der Waals surface area contributed by atoms with Gasteiger partial charge >= 0.3 is 0 Å². The van der Waals surface area contributed by atoms with Crippen molar-refractivity contribution in [2.45, 2.75) is 37.8 Å². The molecule has 0 bridgehead atoms. The minimum Gasteiger partial charge on any atom is -0.496 e. The summed E-state index contributed by atoms with van der Waals surface area (Å²) in [7, 11) is 1.63. The summed E-state index contributed by atoms with van der Waals surface area (Å²) in [5.41, 5.74) is 3.58. The largest absolute Gasteiger partial charge is 0.496 e. The Morgan fingerprint density at radius 3 is 2.47 bits per heavy atom. The minimum atomic E-state index is -0.995. The summed E-state index contributed by atoms with van der Waals surface area (Å²) < 4.78 is 19.8. The lowest BCUT2D eigenvalue weighted by atomic mass is 9.92. The van der Waals surface area contributed by atoms with E-state index in [1.54, 1.807) is 25.3 Å². The summed E-state index contributed by atoms with van der Waals surface area (Å²) in [5.74, 6) is -0.864. The number of likely N-dealkylation sites (tertiary alicyclic amines) is 1. The highest BCUT2D eigenvalue weighted by molar-refractivity contribution is 6.31. The van der Waals surface area contributed by atoms with Gasteiger partial charge in [0.25, 0.3) is 11.8 Å². The van der Waals surface area contributed by atoms with Gasteiger partial charge in [-0.05, 0) is 80.7 Å². The van der Waals surface area contributed by atoms with E-state index < -0.39 is 35.5 Å². The third kappa shape index (κ3) is 8.40. The van der Waals surface area contributed by atoms with E-state index in [1.807, 2.05) is 24.3 Å². The van der Waals surface area contributed by atoms with Crippen molar-refractivity contribution in [2.75, 3.05) is 69.7 Å². The van der Waals surface area contributed by atoms with E-state index in [9.17, 15) is 28.4 Å². The molecule has 60 heavy (non-hydrogen) atoms. The molecule has 5 heterocycles. The highest BCUT2D eigenvalue weighted by atomic mass is 35.5. The van der Waals surface area contributed by atoms with Crippen LogP contribution < -0.4 is 25.6 Å². The average Bonchev–Trinajstić information content (AvgIpc) is 3.50. The highest BCUT2D eigenvalue weighted by Crippen LogP contribution is 2.38. The number of nitrogens with one attached hydrogen (secondary N) is 3. The Morgan fingerprint density at radius 1 is 0.950 bits per heavy atom. The van der Waals surface area contributed by atoms with Crippen LogP contribution in [-0.4, -0.2) is 120 Å². The molecule has 4 aliphatic rings. The third-order valence-corrected chi connectivity index (χ3v) is 12.1. The van der Waals surface area contributed by atoms with Gasteiger partial charge in [-0.3, -0.25) is 44.0 Å². The predicted molar refractivity (Wildman–Crippen MR) is 223 cm³/mol. The third-order valence-electron chi connectivity index (χ3n) is 11.8. The molecular weight excluding hydrogens is 793 g/mol. The minimum absolute atomic E-state index is 0.00308. The first-order valence-electron chi connectivity index (χ1n) is 20.1. The van der Waals surface area contributed by atoms with Gasteiger partial charge in [-0.15, -0.1) is 0 Å². The SMILES string of the molecule is COc1cc2ncnc(Nc3ccc(F)c(Cl)c3)c2cc1C(/C=C/CNC=O)N1CCC(CN2CCN(c3ccc4c(c3)C(=O)N(C3CCC(=O)NC3=O)C4=O)CC2)CC1. The molecule has 4 aromatic rings. The van der Waals surface area contributed by atoms with Crippen molar-refractivity contribution in [3.05, 3.63) is 94.5 Å². The van der Waals surface area contributed by atoms with Crippen LogP contribution in [0, 0.1) is 11.7 Å². The van der Waals surface area contributed by atoms with Crippen LogP contribution in [0.15, 0.2) is 67.0 Å². The number of benzene rings is 3. The number of rotatable bonds is 13. The smallest absolute Gasteiger partial charge is 0.262 e. The number of carbonyl (C=O) groups excluding carboxylic acids is 5. The molecule has 17 heteroatoms. The van der Waals surface area contributed by atoms with E-state index in [0.29, 0.717) is 41.6 Å². The molecule has 0 radical (unpaired) electrons. The molecule has 2 unspecified atom stereocenters. The molecule has 4 aliphatic heterocycles. The van der Waals surface area contributed by atoms with Crippen LogP contribution in [0.3, 0.4) is 0 Å². The lowest BCUT2D eigenvalue weighted by Gasteiger charge is -2.41. The molecule has 0 aliphatic carbocycles. The van der Waals surface area contributed by atoms with E-state index in [2.05, 4.69) is 46.7 Å². The number of aromatic nitrogens is 2. The zero-order valence-electron chi connectivity index (χ0n) is 33.0. The van der Waals surface area contributed by atoms with Gasteiger partial charge in [0.15, 0.2) is 0 Å². The first-order valence-corrected chi connectivity index (χ1v) is 20.4. The molecular formula is C43H45ClFN9O6. The number of methoxy groups -OCH3 is 1. The van der Waals surface area contributed by atoms with E-state index in [0.717, 1.165) is 80.2 Å². The number of piperazine rings is 1. The molecule has 0 spiro atoms. The fourth-order valence-electron chi connectivity index (χ4n) is 8.68. The number of hydrogen-bond acceptors (Lipinski definition) is 12. The lowest BCUT2D eigenvalue weighted by molar-refractivity contribution is -0.136. The number of nitrogens with zero attached hydrogens (tertiary/aromatic N) is 6. The van der Waals surface area contributed by atoms with E-state index in [-0.39, 0.29) is 35.0 Å². The van der Waals surface area contributed by atoms with Gasteiger partial charge in [0.1, 0.15) is 29.8 Å². The molecule has 3 aromatic carbocycles. The molecule has 15 nitrogen and oxygen atoms in total. The summed E-state index contributed by atoms with van der Waals surface area (Å²) in [5, 5.41) is 8.96. The Morgan fingerprint density at radius 2 is 1.73 bits per heavy atom. The van der Waals surface area contributed by atoms with E-state index >= 15 is 0 Å². The van der Waals surface area contributed by atoms with Crippen molar-refractivity contribution in [2.24, 2.45) is 5.92 Å².